The molecule has 1 saturated heterocycles. The SMILES string of the molecule is CC(C)CCc1ccc(-c2nccs2)c(N2CCCC2)c1. The molecule has 0 saturated carbocycles. The maximum atomic E-state index is 4.51. The van der Waals surface area contributed by atoms with Crippen molar-refractivity contribution in [3.63, 3.8) is 0 Å². The molecule has 1 fully saturated rings. The first-order valence-electron chi connectivity index (χ1n) is 8.02. The summed E-state index contributed by atoms with van der Waals surface area (Å²) in [5.74, 6) is 0.763. The van der Waals surface area contributed by atoms with Gasteiger partial charge < -0.3 is 4.90 Å². The van der Waals surface area contributed by atoms with Gasteiger partial charge in [0.25, 0.3) is 0 Å². The summed E-state index contributed by atoms with van der Waals surface area (Å²) in [5.41, 5.74) is 4.16. The van der Waals surface area contributed by atoms with E-state index < -0.39 is 0 Å². The number of rotatable bonds is 5. The van der Waals surface area contributed by atoms with Crippen LogP contribution in [0.3, 0.4) is 0 Å². The van der Waals surface area contributed by atoms with Gasteiger partial charge in [0.2, 0.25) is 0 Å². The molecular weight excluding hydrogens is 276 g/mol. The van der Waals surface area contributed by atoms with Gasteiger partial charge in [-0.25, -0.2) is 4.98 Å². The fourth-order valence-corrected chi connectivity index (χ4v) is 3.62. The van der Waals surface area contributed by atoms with Crippen molar-refractivity contribution in [3.05, 3.63) is 35.3 Å². The van der Waals surface area contributed by atoms with E-state index >= 15 is 0 Å². The maximum absolute atomic E-state index is 4.51. The van der Waals surface area contributed by atoms with E-state index in [1.165, 1.54) is 55.6 Å². The lowest BCUT2D eigenvalue weighted by Crippen LogP contribution is -2.18. The molecular formula is C18H24N2S. The van der Waals surface area contributed by atoms with Crippen molar-refractivity contribution in [2.45, 2.75) is 39.5 Å². The Bertz CT molecular complexity index is 569. The Morgan fingerprint density at radius 3 is 2.71 bits per heavy atom. The monoisotopic (exact) mass is 300 g/mol. The molecule has 0 atom stereocenters. The van der Waals surface area contributed by atoms with Crippen molar-refractivity contribution in [3.8, 4) is 10.6 Å². The summed E-state index contributed by atoms with van der Waals surface area (Å²) in [6.07, 6.45) is 6.97. The summed E-state index contributed by atoms with van der Waals surface area (Å²) < 4.78 is 0. The zero-order valence-corrected chi connectivity index (χ0v) is 13.8. The van der Waals surface area contributed by atoms with Gasteiger partial charge in [-0.1, -0.05) is 19.9 Å². The molecule has 3 heteroatoms. The Labute approximate surface area is 131 Å². The highest BCUT2D eigenvalue weighted by atomic mass is 32.1. The fourth-order valence-electron chi connectivity index (χ4n) is 2.95. The van der Waals surface area contributed by atoms with Gasteiger partial charge in [0, 0.05) is 35.9 Å². The van der Waals surface area contributed by atoms with Gasteiger partial charge in [0.15, 0.2) is 0 Å². The predicted molar refractivity (Wildman–Crippen MR) is 92.2 cm³/mol. The van der Waals surface area contributed by atoms with Crippen molar-refractivity contribution >= 4 is 17.0 Å². The Morgan fingerprint density at radius 1 is 1.24 bits per heavy atom. The van der Waals surface area contributed by atoms with Gasteiger partial charge in [-0.15, -0.1) is 11.3 Å². The Hall–Kier alpha value is -1.35. The minimum Gasteiger partial charge on any atom is -0.371 e. The van der Waals surface area contributed by atoms with Crippen LogP contribution in [0.25, 0.3) is 10.6 Å². The van der Waals surface area contributed by atoms with Crippen LogP contribution >= 0.6 is 11.3 Å². The van der Waals surface area contributed by atoms with Crippen molar-refractivity contribution in [1.82, 2.24) is 4.98 Å². The zero-order chi connectivity index (χ0) is 14.7. The quantitative estimate of drug-likeness (QED) is 0.772. The summed E-state index contributed by atoms with van der Waals surface area (Å²) >= 11 is 1.74. The van der Waals surface area contributed by atoms with Crippen LogP contribution in [-0.2, 0) is 6.42 Å². The van der Waals surface area contributed by atoms with Gasteiger partial charge in [0.05, 0.1) is 0 Å². The zero-order valence-electron chi connectivity index (χ0n) is 13.0. The van der Waals surface area contributed by atoms with Crippen molar-refractivity contribution in [2.75, 3.05) is 18.0 Å². The number of hydrogen-bond donors (Lipinski definition) is 0. The van der Waals surface area contributed by atoms with Crippen LogP contribution in [0, 0.1) is 5.92 Å². The lowest BCUT2D eigenvalue weighted by atomic mass is 10.0. The lowest BCUT2D eigenvalue weighted by Gasteiger charge is -2.22. The highest BCUT2D eigenvalue weighted by molar-refractivity contribution is 7.13. The molecule has 2 aromatic rings. The Kier molecular flexibility index (Phi) is 4.59. The summed E-state index contributed by atoms with van der Waals surface area (Å²) in [7, 11) is 0. The van der Waals surface area contributed by atoms with Crippen LogP contribution < -0.4 is 4.90 Å². The number of thiazole rings is 1. The van der Waals surface area contributed by atoms with Crippen LogP contribution in [0.15, 0.2) is 29.8 Å². The molecule has 21 heavy (non-hydrogen) atoms. The lowest BCUT2D eigenvalue weighted by molar-refractivity contribution is 0.587. The van der Waals surface area contributed by atoms with Crippen LogP contribution in [0.2, 0.25) is 0 Å². The normalized spacial score (nSPS) is 15.1. The van der Waals surface area contributed by atoms with E-state index in [1.54, 1.807) is 11.3 Å². The molecule has 0 unspecified atom stereocenters. The van der Waals surface area contributed by atoms with Crippen LogP contribution in [0.4, 0.5) is 5.69 Å². The molecule has 1 aromatic heterocycles. The molecule has 0 N–H and O–H groups in total. The first-order valence-corrected chi connectivity index (χ1v) is 8.90. The summed E-state index contributed by atoms with van der Waals surface area (Å²) in [5, 5.41) is 3.21. The first-order chi connectivity index (χ1) is 10.2. The topological polar surface area (TPSA) is 16.1 Å². The molecule has 1 aliphatic rings. The van der Waals surface area contributed by atoms with Gasteiger partial charge in [-0.2, -0.15) is 0 Å². The van der Waals surface area contributed by atoms with Gasteiger partial charge in [-0.3, -0.25) is 0 Å². The molecule has 0 spiro atoms. The van der Waals surface area contributed by atoms with E-state index in [0.29, 0.717) is 0 Å². The standard InChI is InChI=1S/C18H24N2S/c1-14(2)5-6-15-7-8-16(18-19-9-12-21-18)17(13-15)20-10-3-4-11-20/h7-9,12-14H,3-6,10-11H2,1-2H3. The average Bonchev–Trinajstić information content (AvgIpc) is 3.17. The Morgan fingerprint density at radius 2 is 2.05 bits per heavy atom. The molecule has 0 radical (unpaired) electrons. The average molecular weight is 300 g/mol. The number of aromatic nitrogens is 1. The van der Waals surface area contributed by atoms with Crippen LogP contribution in [0.5, 0.6) is 0 Å². The summed E-state index contributed by atoms with van der Waals surface area (Å²) in [6, 6.07) is 6.98. The van der Waals surface area contributed by atoms with E-state index in [1.807, 2.05) is 6.20 Å². The van der Waals surface area contributed by atoms with Gasteiger partial charge in [0.1, 0.15) is 5.01 Å². The first kappa shape index (κ1) is 14.6. The minimum atomic E-state index is 0.763. The number of anilines is 1. The third kappa shape index (κ3) is 3.46. The fraction of sp³-hybridized carbons (Fsp3) is 0.500. The molecule has 0 amide bonds. The van der Waals surface area contributed by atoms with Gasteiger partial charge >= 0.3 is 0 Å². The van der Waals surface area contributed by atoms with E-state index in [4.69, 9.17) is 0 Å². The molecule has 1 aromatic carbocycles. The number of benzene rings is 1. The highest BCUT2D eigenvalue weighted by Crippen LogP contribution is 2.35. The second kappa shape index (κ2) is 6.61. The summed E-state index contributed by atoms with van der Waals surface area (Å²) in [6.45, 7) is 6.97. The molecule has 2 nitrogen and oxygen atoms in total. The second-order valence-electron chi connectivity index (χ2n) is 6.32. The molecule has 3 rings (SSSR count). The van der Waals surface area contributed by atoms with Crippen molar-refractivity contribution in [1.29, 1.82) is 0 Å². The van der Waals surface area contributed by atoms with Gasteiger partial charge in [-0.05, 0) is 49.3 Å². The third-order valence-electron chi connectivity index (χ3n) is 4.18. The molecule has 0 bridgehead atoms. The molecule has 1 aliphatic heterocycles. The number of nitrogens with zero attached hydrogens (tertiary/aromatic N) is 2. The van der Waals surface area contributed by atoms with Crippen LogP contribution in [-0.4, -0.2) is 18.1 Å². The third-order valence-corrected chi connectivity index (χ3v) is 4.99. The van der Waals surface area contributed by atoms with E-state index in [-0.39, 0.29) is 0 Å². The predicted octanol–water partition coefficient (Wildman–Crippen LogP) is 5.00. The van der Waals surface area contributed by atoms with Crippen molar-refractivity contribution < 1.29 is 0 Å². The van der Waals surface area contributed by atoms with E-state index in [0.717, 1.165) is 10.9 Å². The van der Waals surface area contributed by atoms with Crippen molar-refractivity contribution in [2.24, 2.45) is 5.92 Å². The van der Waals surface area contributed by atoms with E-state index in [2.05, 4.69) is 47.3 Å². The number of hydrogen-bond acceptors (Lipinski definition) is 3. The molecule has 112 valence electrons. The molecule has 0 aliphatic carbocycles. The minimum absolute atomic E-state index is 0.763. The maximum Gasteiger partial charge on any atom is 0.125 e. The highest BCUT2D eigenvalue weighted by Gasteiger charge is 2.18. The summed E-state index contributed by atoms with van der Waals surface area (Å²) in [4.78, 5) is 7.05. The smallest absolute Gasteiger partial charge is 0.125 e. The van der Waals surface area contributed by atoms with E-state index in [9.17, 15) is 0 Å². The second-order valence-corrected chi connectivity index (χ2v) is 7.21. The number of aryl methyl sites for hydroxylation is 1. The Balaban J connectivity index is 1.92. The molecule has 2 heterocycles. The van der Waals surface area contributed by atoms with Crippen LogP contribution in [0.1, 0.15) is 38.7 Å². The largest absolute Gasteiger partial charge is 0.371 e.